The van der Waals surface area contributed by atoms with Crippen LogP contribution in [0, 0.1) is 17.8 Å². The fraction of sp³-hybridized carbons (Fsp3) is 0.529. The Bertz CT molecular complexity index is 510. The van der Waals surface area contributed by atoms with Gasteiger partial charge < -0.3 is 9.84 Å². The van der Waals surface area contributed by atoms with Gasteiger partial charge >= 0.3 is 0 Å². The molecule has 1 aliphatic carbocycles. The van der Waals surface area contributed by atoms with Crippen LogP contribution < -0.4 is 0 Å². The fourth-order valence-corrected chi connectivity index (χ4v) is 3.36. The maximum atomic E-state index is 9.63. The zero-order chi connectivity index (χ0) is 14.0. The van der Waals surface area contributed by atoms with Gasteiger partial charge in [0, 0.05) is 12.6 Å². The van der Waals surface area contributed by atoms with Crippen LogP contribution in [0.4, 0.5) is 0 Å². The van der Waals surface area contributed by atoms with Crippen LogP contribution in [0.15, 0.2) is 24.3 Å². The van der Waals surface area contributed by atoms with Crippen molar-refractivity contribution >= 4 is 0 Å². The number of nitrogens with zero attached hydrogens (tertiary/aromatic N) is 1. The molecule has 1 aliphatic heterocycles. The molecule has 3 heteroatoms. The summed E-state index contributed by atoms with van der Waals surface area (Å²) >= 11 is 0. The van der Waals surface area contributed by atoms with E-state index in [1.54, 1.807) is 0 Å². The minimum Gasteiger partial charge on any atom is -0.396 e. The first-order chi connectivity index (χ1) is 9.78. The molecule has 1 unspecified atom stereocenters. The summed E-state index contributed by atoms with van der Waals surface area (Å²) in [6, 6.07) is 8.99. The molecule has 0 aromatic heterocycles. The van der Waals surface area contributed by atoms with Gasteiger partial charge in [0.05, 0.1) is 31.8 Å². The number of aryl methyl sites for hydroxylation is 1. The van der Waals surface area contributed by atoms with E-state index in [4.69, 9.17) is 11.2 Å². The summed E-state index contributed by atoms with van der Waals surface area (Å²) in [7, 11) is 0. The second-order valence-corrected chi connectivity index (χ2v) is 6.01. The summed E-state index contributed by atoms with van der Waals surface area (Å²) in [6.07, 6.45) is 7.78. The first-order valence-corrected chi connectivity index (χ1v) is 7.22. The maximum absolute atomic E-state index is 9.63. The van der Waals surface area contributed by atoms with E-state index in [0.29, 0.717) is 25.8 Å². The predicted molar refractivity (Wildman–Crippen MR) is 78.2 cm³/mol. The van der Waals surface area contributed by atoms with Gasteiger partial charge in [0.2, 0.25) is 0 Å². The van der Waals surface area contributed by atoms with Crippen molar-refractivity contribution in [1.82, 2.24) is 4.90 Å². The Kier molecular flexibility index (Phi) is 3.80. The van der Waals surface area contributed by atoms with Crippen molar-refractivity contribution in [2.75, 3.05) is 32.9 Å². The zero-order valence-electron chi connectivity index (χ0n) is 11.7. The smallest absolute Gasteiger partial charge is 0.0604 e. The number of terminal acetylenes is 1. The highest BCUT2D eigenvalue weighted by Gasteiger charge is 2.41. The Hall–Kier alpha value is -1.34. The van der Waals surface area contributed by atoms with Crippen molar-refractivity contribution in [3.8, 4) is 12.3 Å². The first kappa shape index (κ1) is 13.6. The third-order valence-corrected chi connectivity index (χ3v) is 4.53. The van der Waals surface area contributed by atoms with Crippen LogP contribution in [0.1, 0.15) is 23.6 Å². The molecule has 0 radical (unpaired) electrons. The summed E-state index contributed by atoms with van der Waals surface area (Å²) in [5.41, 5.74) is 2.72. The fourth-order valence-electron chi connectivity index (χ4n) is 3.36. The molecular formula is C17H21NO2. The minimum absolute atomic E-state index is 0.117. The Morgan fingerprint density at radius 3 is 2.85 bits per heavy atom. The predicted octanol–water partition coefficient (Wildman–Crippen LogP) is 1.62. The lowest BCUT2D eigenvalue weighted by molar-refractivity contribution is -0.150. The number of rotatable bonds is 5. The quantitative estimate of drug-likeness (QED) is 0.826. The minimum atomic E-state index is -0.117. The highest BCUT2D eigenvalue weighted by atomic mass is 16.5. The van der Waals surface area contributed by atoms with Gasteiger partial charge in [-0.15, -0.1) is 6.42 Å². The van der Waals surface area contributed by atoms with E-state index >= 15 is 0 Å². The molecule has 1 aromatic rings. The van der Waals surface area contributed by atoms with Crippen LogP contribution in [0.25, 0.3) is 0 Å². The third-order valence-electron chi connectivity index (χ3n) is 4.53. The largest absolute Gasteiger partial charge is 0.396 e. The van der Waals surface area contributed by atoms with E-state index in [-0.39, 0.29) is 12.0 Å². The van der Waals surface area contributed by atoms with E-state index in [0.717, 1.165) is 19.4 Å². The highest BCUT2D eigenvalue weighted by Crippen LogP contribution is 2.38. The topological polar surface area (TPSA) is 32.7 Å². The van der Waals surface area contributed by atoms with E-state index < -0.39 is 0 Å². The molecule has 20 heavy (non-hydrogen) atoms. The van der Waals surface area contributed by atoms with Crippen LogP contribution in [0.2, 0.25) is 0 Å². The van der Waals surface area contributed by atoms with Crippen molar-refractivity contribution in [2.24, 2.45) is 5.41 Å². The average Bonchev–Trinajstić information content (AvgIpc) is 2.85. The van der Waals surface area contributed by atoms with Gasteiger partial charge in [0.1, 0.15) is 0 Å². The lowest BCUT2D eigenvalue weighted by Gasteiger charge is -2.44. The summed E-state index contributed by atoms with van der Waals surface area (Å²) in [6.45, 7) is 2.88. The highest BCUT2D eigenvalue weighted by molar-refractivity contribution is 5.34. The monoisotopic (exact) mass is 271 g/mol. The lowest BCUT2D eigenvalue weighted by atomic mass is 9.85. The molecule has 1 heterocycles. The van der Waals surface area contributed by atoms with E-state index in [2.05, 4.69) is 35.1 Å². The summed E-state index contributed by atoms with van der Waals surface area (Å²) in [5.74, 6) is 2.77. The van der Waals surface area contributed by atoms with Crippen LogP contribution in [-0.4, -0.2) is 42.9 Å². The lowest BCUT2D eigenvalue weighted by Crippen LogP contribution is -2.53. The van der Waals surface area contributed by atoms with Crippen LogP contribution >= 0.6 is 0 Å². The molecule has 1 fully saturated rings. The number of hydrogen-bond donors (Lipinski definition) is 1. The van der Waals surface area contributed by atoms with Gasteiger partial charge in [-0.2, -0.15) is 0 Å². The standard InChI is InChI=1S/C17H21NO2/c1-2-9-18(10-17(11-19)12-20-13-17)16-8-7-14-5-3-4-6-15(14)16/h1,3-6,16,19H,7-13H2. The zero-order valence-corrected chi connectivity index (χ0v) is 11.7. The molecule has 106 valence electrons. The molecule has 3 nitrogen and oxygen atoms in total. The molecule has 3 rings (SSSR count). The maximum Gasteiger partial charge on any atom is 0.0604 e. The average molecular weight is 271 g/mol. The molecular weight excluding hydrogens is 250 g/mol. The molecule has 1 saturated heterocycles. The molecule has 0 saturated carbocycles. The number of hydrogen-bond acceptors (Lipinski definition) is 3. The molecule has 1 N–H and O–H groups in total. The van der Waals surface area contributed by atoms with Gasteiger partial charge in [0.15, 0.2) is 0 Å². The molecule has 0 amide bonds. The van der Waals surface area contributed by atoms with Crippen molar-refractivity contribution in [1.29, 1.82) is 0 Å². The third kappa shape index (κ3) is 2.35. The van der Waals surface area contributed by atoms with Crippen molar-refractivity contribution in [3.63, 3.8) is 0 Å². The second-order valence-electron chi connectivity index (χ2n) is 6.01. The number of aliphatic hydroxyl groups is 1. The normalized spacial score (nSPS) is 23.1. The Morgan fingerprint density at radius 1 is 1.40 bits per heavy atom. The molecule has 1 aromatic carbocycles. The molecule has 0 bridgehead atoms. The van der Waals surface area contributed by atoms with Gasteiger partial charge in [-0.3, -0.25) is 4.90 Å². The number of benzene rings is 1. The van der Waals surface area contributed by atoms with Crippen LogP contribution in [-0.2, 0) is 11.2 Å². The number of ether oxygens (including phenoxy) is 1. The SMILES string of the molecule is C#CCN(CC1(CO)COC1)C1CCc2ccccc21. The number of aliphatic hydroxyl groups excluding tert-OH is 1. The van der Waals surface area contributed by atoms with Crippen molar-refractivity contribution in [3.05, 3.63) is 35.4 Å². The van der Waals surface area contributed by atoms with Gasteiger partial charge in [-0.25, -0.2) is 0 Å². The summed E-state index contributed by atoms with van der Waals surface area (Å²) in [4.78, 5) is 2.34. The molecule has 2 aliphatic rings. The van der Waals surface area contributed by atoms with Crippen LogP contribution in [0.5, 0.6) is 0 Å². The van der Waals surface area contributed by atoms with E-state index in [9.17, 15) is 5.11 Å². The summed E-state index contributed by atoms with van der Waals surface area (Å²) in [5, 5.41) is 9.63. The van der Waals surface area contributed by atoms with Gasteiger partial charge in [-0.1, -0.05) is 30.2 Å². The van der Waals surface area contributed by atoms with Crippen LogP contribution in [0.3, 0.4) is 0 Å². The molecule has 0 spiro atoms. The molecule has 1 atom stereocenters. The first-order valence-electron chi connectivity index (χ1n) is 7.22. The second kappa shape index (κ2) is 5.57. The van der Waals surface area contributed by atoms with Crippen molar-refractivity contribution in [2.45, 2.75) is 18.9 Å². The number of fused-ring (bicyclic) bond motifs is 1. The Balaban J connectivity index is 1.80. The van der Waals surface area contributed by atoms with Crippen molar-refractivity contribution < 1.29 is 9.84 Å². The van der Waals surface area contributed by atoms with E-state index in [1.807, 2.05) is 0 Å². The van der Waals surface area contributed by atoms with Gasteiger partial charge in [-0.05, 0) is 24.0 Å². The van der Waals surface area contributed by atoms with Gasteiger partial charge in [0.25, 0.3) is 0 Å². The Morgan fingerprint density at radius 2 is 2.20 bits per heavy atom. The van der Waals surface area contributed by atoms with E-state index in [1.165, 1.54) is 11.1 Å². The Labute approximate surface area is 120 Å². The summed E-state index contributed by atoms with van der Waals surface area (Å²) < 4.78 is 5.30.